The molecule has 6 aromatic rings. The first-order valence-corrected chi connectivity index (χ1v) is 10.8. The first-order chi connectivity index (χ1) is 16.9. The molecule has 0 atom stereocenters. The number of aromatic amines is 1. The van der Waals surface area contributed by atoms with Crippen LogP contribution >= 0.6 is 0 Å². The highest BCUT2D eigenvalue weighted by molar-refractivity contribution is 5.93. The van der Waals surface area contributed by atoms with Crippen molar-refractivity contribution in [3.05, 3.63) is 89.0 Å². The van der Waals surface area contributed by atoms with Gasteiger partial charge in [0.15, 0.2) is 5.75 Å². The fraction of sp³-hybridized carbons (Fsp3) is 0.0370. The zero-order valence-corrected chi connectivity index (χ0v) is 18.5. The van der Waals surface area contributed by atoms with Gasteiger partial charge in [-0.2, -0.15) is 0 Å². The molecule has 0 spiro atoms. The van der Waals surface area contributed by atoms with Crippen molar-refractivity contribution in [1.82, 2.24) is 14.5 Å². The highest BCUT2D eigenvalue weighted by Gasteiger charge is 2.28. The summed E-state index contributed by atoms with van der Waals surface area (Å²) in [5.41, 5.74) is 4.09. The second kappa shape index (κ2) is 7.53. The van der Waals surface area contributed by atoms with Crippen LogP contribution in [0.2, 0.25) is 0 Å². The average molecular weight is 465 g/mol. The highest BCUT2D eigenvalue weighted by Crippen LogP contribution is 2.48. The monoisotopic (exact) mass is 465 g/mol. The molecule has 8 heteroatoms. The number of fused-ring (bicyclic) bond motifs is 2. The second-order valence-electron chi connectivity index (χ2n) is 8.36. The number of benzene rings is 3. The number of aromatic nitrogens is 3. The molecule has 0 bridgehead atoms. The van der Waals surface area contributed by atoms with Crippen LogP contribution in [0.4, 0.5) is 0 Å². The predicted molar refractivity (Wildman–Crippen MR) is 132 cm³/mol. The Morgan fingerprint density at radius 1 is 0.971 bits per heavy atom. The third-order valence-corrected chi connectivity index (χ3v) is 6.12. The molecule has 0 fully saturated rings. The zero-order chi connectivity index (χ0) is 24.3. The molecule has 3 heterocycles. The molecule has 172 valence electrons. The van der Waals surface area contributed by atoms with E-state index in [2.05, 4.69) is 9.97 Å². The Morgan fingerprint density at radius 3 is 2.57 bits per heavy atom. The first kappa shape index (κ1) is 20.6. The molecule has 6 rings (SSSR count). The largest absolute Gasteiger partial charge is 0.508 e. The average Bonchev–Trinajstić information content (AvgIpc) is 3.42. The molecule has 8 nitrogen and oxygen atoms in total. The van der Waals surface area contributed by atoms with Gasteiger partial charge in [-0.3, -0.25) is 9.36 Å². The predicted octanol–water partition coefficient (Wildman–Crippen LogP) is 5.22. The summed E-state index contributed by atoms with van der Waals surface area (Å²) in [5, 5.41) is 32.3. The van der Waals surface area contributed by atoms with Gasteiger partial charge in [0.25, 0.3) is 0 Å². The molecule has 35 heavy (non-hydrogen) atoms. The molecule has 4 N–H and O–H groups in total. The maximum atomic E-state index is 13.7. The number of phenolic OH excluding ortho intramolecular Hbond substituents is 1. The number of nitrogens with one attached hydrogen (secondary N) is 1. The summed E-state index contributed by atoms with van der Waals surface area (Å²) >= 11 is 0. The summed E-state index contributed by atoms with van der Waals surface area (Å²) in [4.78, 5) is 21.0. The van der Waals surface area contributed by atoms with Crippen molar-refractivity contribution in [3.8, 4) is 45.5 Å². The minimum Gasteiger partial charge on any atom is -0.508 e. The molecule has 3 aromatic carbocycles. The first-order valence-electron chi connectivity index (χ1n) is 10.8. The summed E-state index contributed by atoms with van der Waals surface area (Å²) in [6.07, 6.45) is 2.90. The topological polar surface area (TPSA) is 125 Å². The minimum absolute atomic E-state index is 0.0452. The number of H-pyrrole nitrogens is 1. The standard InChI is InChI=1S/C27H19N3O5/c1-14-2-9-22-18(10-14)25(32)19(12-35-22)24-23(15-3-6-17(31)7-4-15)26(33)27(34)30(24)16-5-8-20-21(11-16)29-13-28-20/h2-13,31,33-34H,1H3,(H,28,29). The Hall–Kier alpha value is -4.98. The summed E-state index contributed by atoms with van der Waals surface area (Å²) in [5.74, 6) is -0.798. The molecule has 0 saturated heterocycles. The van der Waals surface area contributed by atoms with E-state index in [4.69, 9.17) is 4.42 Å². The number of aromatic hydroxyl groups is 3. The second-order valence-corrected chi connectivity index (χ2v) is 8.36. The van der Waals surface area contributed by atoms with E-state index in [1.54, 1.807) is 48.8 Å². The number of imidazole rings is 1. The van der Waals surface area contributed by atoms with Crippen LogP contribution in [0.3, 0.4) is 0 Å². The van der Waals surface area contributed by atoms with E-state index in [0.29, 0.717) is 27.7 Å². The van der Waals surface area contributed by atoms with Gasteiger partial charge < -0.3 is 24.7 Å². The lowest BCUT2D eigenvalue weighted by atomic mass is 10.00. The van der Waals surface area contributed by atoms with Gasteiger partial charge in [0.1, 0.15) is 17.6 Å². The summed E-state index contributed by atoms with van der Waals surface area (Å²) in [6, 6.07) is 16.7. The van der Waals surface area contributed by atoms with Crippen molar-refractivity contribution >= 4 is 22.0 Å². The van der Waals surface area contributed by atoms with Crippen molar-refractivity contribution in [3.63, 3.8) is 0 Å². The summed E-state index contributed by atoms with van der Waals surface area (Å²) < 4.78 is 7.22. The van der Waals surface area contributed by atoms with Gasteiger partial charge in [-0.15, -0.1) is 0 Å². The maximum Gasteiger partial charge on any atom is 0.240 e. The summed E-state index contributed by atoms with van der Waals surface area (Å²) in [7, 11) is 0. The van der Waals surface area contributed by atoms with Crippen LogP contribution in [0.25, 0.3) is 50.1 Å². The molecule has 0 aliphatic carbocycles. The van der Waals surface area contributed by atoms with Gasteiger partial charge in [-0.25, -0.2) is 4.98 Å². The van der Waals surface area contributed by atoms with Crippen LogP contribution < -0.4 is 5.43 Å². The van der Waals surface area contributed by atoms with E-state index < -0.39 is 11.6 Å². The van der Waals surface area contributed by atoms with Crippen molar-refractivity contribution in [2.24, 2.45) is 0 Å². The third-order valence-electron chi connectivity index (χ3n) is 6.12. The fourth-order valence-electron chi connectivity index (χ4n) is 4.43. The molecular weight excluding hydrogens is 446 g/mol. The van der Waals surface area contributed by atoms with E-state index in [1.165, 1.54) is 23.0 Å². The summed E-state index contributed by atoms with van der Waals surface area (Å²) in [6.45, 7) is 1.88. The van der Waals surface area contributed by atoms with Gasteiger partial charge in [0.2, 0.25) is 11.3 Å². The quantitative estimate of drug-likeness (QED) is 0.284. The van der Waals surface area contributed by atoms with E-state index in [0.717, 1.165) is 11.1 Å². The van der Waals surface area contributed by atoms with Crippen molar-refractivity contribution < 1.29 is 19.7 Å². The van der Waals surface area contributed by atoms with Crippen LogP contribution in [0.15, 0.2) is 82.5 Å². The van der Waals surface area contributed by atoms with Crippen LogP contribution in [0.5, 0.6) is 17.4 Å². The Balaban J connectivity index is 1.73. The zero-order valence-electron chi connectivity index (χ0n) is 18.5. The third kappa shape index (κ3) is 3.15. The molecule has 0 amide bonds. The SMILES string of the molecule is Cc1ccc2occ(-c3c(-c4ccc(O)cc4)c(O)c(O)n3-c3ccc4nc[nH]c4c3)c(=O)c2c1. The van der Waals surface area contributed by atoms with E-state index in [9.17, 15) is 20.1 Å². The lowest BCUT2D eigenvalue weighted by Gasteiger charge is -2.12. The Bertz CT molecular complexity index is 1810. The van der Waals surface area contributed by atoms with Gasteiger partial charge in [-0.1, -0.05) is 23.8 Å². The molecule has 0 saturated carbocycles. The van der Waals surface area contributed by atoms with Crippen LogP contribution in [-0.4, -0.2) is 29.9 Å². The van der Waals surface area contributed by atoms with Crippen molar-refractivity contribution in [1.29, 1.82) is 0 Å². The number of nitrogens with zero attached hydrogens (tertiary/aromatic N) is 2. The number of hydrogen-bond donors (Lipinski definition) is 4. The normalized spacial score (nSPS) is 11.5. The Kier molecular flexibility index (Phi) is 4.43. The molecular formula is C27H19N3O5. The Morgan fingerprint density at radius 2 is 1.77 bits per heavy atom. The molecule has 0 aliphatic rings. The highest BCUT2D eigenvalue weighted by atomic mass is 16.3. The molecule has 0 unspecified atom stereocenters. The van der Waals surface area contributed by atoms with Crippen molar-refractivity contribution in [2.75, 3.05) is 0 Å². The molecule has 0 aliphatic heterocycles. The Labute approximate surface area is 198 Å². The molecule has 0 radical (unpaired) electrons. The molecule has 3 aromatic heterocycles. The lowest BCUT2D eigenvalue weighted by Crippen LogP contribution is -2.09. The smallest absolute Gasteiger partial charge is 0.240 e. The van der Waals surface area contributed by atoms with Gasteiger partial charge in [0.05, 0.1) is 45.3 Å². The maximum absolute atomic E-state index is 13.7. The van der Waals surface area contributed by atoms with E-state index >= 15 is 0 Å². The van der Waals surface area contributed by atoms with E-state index in [1.807, 2.05) is 13.0 Å². The number of phenols is 1. The van der Waals surface area contributed by atoms with Gasteiger partial charge >= 0.3 is 0 Å². The van der Waals surface area contributed by atoms with Gasteiger partial charge in [0, 0.05) is 0 Å². The van der Waals surface area contributed by atoms with Crippen molar-refractivity contribution in [2.45, 2.75) is 6.92 Å². The number of aryl methyl sites for hydroxylation is 1. The fourth-order valence-corrected chi connectivity index (χ4v) is 4.43. The van der Waals surface area contributed by atoms with Crippen LogP contribution in [-0.2, 0) is 0 Å². The van der Waals surface area contributed by atoms with E-state index in [-0.39, 0.29) is 28.0 Å². The van der Waals surface area contributed by atoms with Crippen LogP contribution in [0, 0.1) is 6.92 Å². The van der Waals surface area contributed by atoms with Gasteiger partial charge in [-0.05, 0) is 55.0 Å². The minimum atomic E-state index is -0.439. The number of hydrogen-bond acceptors (Lipinski definition) is 6. The lowest BCUT2D eigenvalue weighted by molar-refractivity contribution is 0.388. The van der Waals surface area contributed by atoms with Crippen LogP contribution in [0.1, 0.15) is 5.56 Å². The number of rotatable bonds is 3.